The smallest absolute Gasteiger partial charge is 0.239 e. The molecular weight excluding hydrogens is 256 g/mol. The van der Waals surface area contributed by atoms with Gasteiger partial charge in [-0.3, -0.25) is 4.79 Å². The first kappa shape index (κ1) is 14.5. The van der Waals surface area contributed by atoms with E-state index >= 15 is 0 Å². The van der Waals surface area contributed by atoms with Gasteiger partial charge in [-0.1, -0.05) is 18.9 Å². The van der Waals surface area contributed by atoms with Gasteiger partial charge in [-0.2, -0.15) is 0 Å². The quantitative estimate of drug-likeness (QED) is 0.899. The van der Waals surface area contributed by atoms with Gasteiger partial charge in [0.15, 0.2) is 0 Å². The third-order valence-electron chi connectivity index (χ3n) is 3.69. The number of hydrogen-bond donors (Lipinski definition) is 1. The van der Waals surface area contributed by atoms with Gasteiger partial charge in [0.1, 0.15) is 0 Å². The second-order valence-electron chi connectivity index (χ2n) is 5.24. The summed E-state index contributed by atoms with van der Waals surface area (Å²) in [6.07, 6.45) is 5.87. The number of nitrogens with one attached hydrogen (secondary N) is 1. The van der Waals surface area contributed by atoms with Crippen molar-refractivity contribution in [1.82, 2.24) is 10.2 Å². The number of nitrogens with zero attached hydrogens (tertiary/aromatic N) is 1. The van der Waals surface area contributed by atoms with Crippen molar-refractivity contribution in [3.8, 4) is 0 Å². The van der Waals surface area contributed by atoms with E-state index in [4.69, 9.17) is 0 Å². The molecule has 1 aromatic heterocycles. The molecule has 1 aromatic rings. The highest BCUT2D eigenvalue weighted by Gasteiger charge is 2.20. The van der Waals surface area contributed by atoms with Crippen LogP contribution in [-0.2, 0) is 11.2 Å². The van der Waals surface area contributed by atoms with E-state index in [0.717, 1.165) is 38.9 Å². The van der Waals surface area contributed by atoms with Crippen LogP contribution >= 0.6 is 11.3 Å². The summed E-state index contributed by atoms with van der Waals surface area (Å²) in [6, 6.07) is 4.16. The molecule has 1 unspecified atom stereocenters. The molecule has 1 aliphatic rings. The fourth-order valence-electron chi connectivity index (χ4n) is 2.52. The maximum atomic E-state index is 12.3. The lowest BCUT2D eigenvalue weighted by molar-refractivity contribution is -0.132. The summed E-state index contributed by atoms with van der Waals surface area (Å²) < 4.78 is 0. The van der Waals surface area contributed by atoms with Crippen molar-refractivity contribution in [3.05, 3.63) is 22.4 Å². The number of carbonyl (C=O) groups excluding carboxylic acids is 1. The number of hydrogen-bond acceptors (Lipinski definition) is 3. The first-order valence-electron chi connectivity index (χ1n) is 7.32. The van der Waals surface area contributed by atoms with Gasteiger partial charge in [0, 0.05) is 24.5 Å². The molecule has 1 atom stereocenters. The summed E-state index contributed by atoms with van der Waals surface area (Å²) in [4.78, 5) is 15.7. The maximum absolute atomic E-state index is 12.3. The zero-order chi connectivity index (χ0) is 13.5. The Labute approximate surface area is 120 Å². The Morgan fingerprint density at radius 1 is 1.37 bits per heavy atom. The van der Waals surface area contributed by atoms with Gasteiger partial charge in [0.25, 0.3) is 0 Å². The minimum atomic E-state index is -0.0573. The van der Waals surface area contributed by atoms with Crippen molar-refractivity contribution < 1.29 is 4.79 Å². The summed E-state index contributed by atoms with van der Waals surface area (Å²) in [7, 11) is 0. The van der Waals surface area contributed by atoms with E-state index in [1.165, 1.54) is 17.7 Å². The standard InChI is InChI=1S/C15H24N2OS/c1-13(16-9-8-14-7-6-12-19-14)15(18)17-10-4-2-3-5-11-17/h6-7,12-13,16H,2-5,8-11H2,1H3. The number of rotatable bonds is 5. The highest BCUT2D eigenvalue weighted by Crippen LogP contribution is 2.11. The lowest BCUT2D eigenvalue weighted by Gasteiger charge is -2.24. The van der Waals surface area contributed by atoms with Crippen molar-refractivity contribution >= 4 is 17.2 Å². The van der Waals surface area contributed by atoms with E-state index in [1.807, 2.05) is 11.8 Å². The van der Waals surface area contributed by atoms with Crippen LogP contribution in [0.3, 0.4) is 0 Å². The summed E-state index contributed by atoms with van der Waals surface area (Å²) in [5, 5.41) is 5.45. The van der Waals surface area contributed by atoms with Crippen LogP contribution in [0.15, 0.2) is 17.5 Å². The van der Waals surface area contributed by atoms with Crippen molar-refractivity contribution in [2.24, 2.45) is 0 Å². The third kappa shape index (κ3) is 4.62. The van der Waals surface area contributed by atoms with Gasteiger partial charge in [-0.15, -0.1) is 11.3 Å². The third-order valence-corrected chi connectivity index (χ3v) is 4.63. The second kappa shape index (κ2) is 7.65. The number of carbonyl (C=O) groups is 1. The van der Waals surface area contributed by atoms with E-state index in [1.54, 1.807) is 11.3 Å². The van der Waals surface area contributed by atoms with E-state index in [-0.39, 0.29) is 11.9 Å². The summed E-state index contributed by atoms with van der Waals surface area (Å²) in [5.41, 5.74) is 0. The Balaban J connectivity index is 1.72. The molecule has 0 bridgehead atoms. The number of amides is 1. The second-order valence-corrected chi connectivity index (χ2v) is 6.28. The molecule has 1 fully saturated rings. The van der Waals surface area contributed by atoms with Crippen LogP contribution in [0.2, 0.25) is 0 Å². The Hall–Kier alpha value is -0.870. The molecule has 2 heterocycles. The fourth-order valence-corrected chi connectivity index (χ4v) is 3.23. The van der Waals surface area contributed by atoms with Crippen molar-refractivity contribution in [1.29, 1.82) is 0 Å². The summed E-state index contributed by atoms with van der Waals surface area (Å²) in [6.45, 7) is 4.74. The monoisotopic (exact) mass is 280 g/mol. The van der Waals surface area contributed by atoms with Gasteiger partial charge in [0.2, 0.25) is 5.91 Å². The molecule has 1 saturated heterocycles. The molecule has 19 heavy (non-hydrogen) atoms. The van der Waals surface area contributed by atoms with Gasteiger partial charge >= 0.3 is 0 Å². The van der Waals surface area contributed by atoms with Crippen molar-refractivity contribution in [2.75, 3.05) is 19.6 Å². The number of thiophene rings is 1. The first-order chi connectivity index (χ1) is 9.27. The van der Waals surface area contributed by atoms with Gasteiger partial charge in [-0.25, -0.2) is 0 Å². The summed E-state index contributed by atoms with van der Waals surface area (Å²) in [5.74, 6) is 0.271. The van der Waals surface area contributed by atoms with E-state index in [2.05, 4.69) is 22.8 Å². The first-order valence-corrected chi connectivity index (χ1v) is 8.20. The highest BCUT2D eigenvalue weighted by atomic mass is 32.1. The van der Waals surface area contributed by atoms with Gasteiger partial charge in [-0.05, 0) is 37.6 Å². The molecule has 0 aliphatic carbocycles. The molecule has 1 aliphatic heterocycles. The Morgan fingerprint density at radius 2 is 2.11 bits per heavy atom. The van der Waals surface area contributed by atoms with Crippen LogP contribution in [0.5, 0.6) is 0 Å². The van der Waals surface area contributed by atoms with E-state index < -0.39 is 0 Å². The zero-order valence-electron chi connectivity index (χ0n) is 11.7. The average Bonchev–Trinajstić information content (AvgIpc) is 2.78. The molecule has 3 nitrogen and oxygen atoms in total. The molecule has 0 saturated carbocycles. The largest absolute Gasteiger partial charge is 0.341 e. The van der Waals surface area contributed by atoms with Crippen LogP contribution in [0.4, 0.5) is 0 Å². The summed E-state index contributed by atoms with van der Waals surface area (Å²) >= 11 is 1.78. The molecule has 0 radical (unpaired) electrons. The molecule has 1 N–H and O–H groups in total. The molecular formula is C15H24N2OS. The van der Waals surface area contributed by atoms with Crippen LogP contribution in [0, 0.1) is 0 Å². The molecule has 1 amide bonds. The van der Waals surface area contributed by atoms with Crippen molar-refractivity contribution in [3.63, 3.8) is 0 Å². The van der Waals surface area contributed by atoms with Crippen LogP contribution in [0.25, 0.3) is 0 Å². The van der Waals surface area contributed by atoms with Gasteiger partial charge < -0.3 is 10.2 Å². The SMILES string of the molecule is CC(NCCc1cccs1)C(=O)N1CCCCCC1. The normalized spacial score (nSPS) is 18.1. The maximum Gasteiger partial charge on any atom is 0.239 e. The minimum Gasteiger partial charge on any atom is -0.341 e. The molecule has 4 heteroatoms. The van der Waals surface area contributed by atoms with Gasteiger partial charge in [0.05, 0.1) is 6.04 Å². The fraction of sp³-hybridized carbons (Fsp3) is 0.667. The number of likely N-dealkylation sites (tertiary alicyclic amines) is 1. The molecule has 2 rings (SSSR count). The Bertz CT molecular complexity index is 370. The molecule has 0 aromatic carbocycles. The van der Waals surface area contributed by atoms with Crippen molar-refractivity contribution in [2.45, 2.75) is 45.1 Å². The Kier molecular flexibility index (Phi) is 5.86. The highest BCUT2D eigenvalue weighted by molar-refractivity contribution is 7.09. The Morgan fingerprint density at radius 3 is 2.74 bits per heavy atom. The zero-order valence-corrected chi connectivity index (χ0v) is 12.5. The predicted molar refractivity (Wildman–Crippen MR) is 80.5 cm³/mol. The van der Waals surface area contributed by atoms with Crippen LogP contribution < -0.4 is 5.32 Å². The predicted octanol–water partition coefficient (Wildman–Crippen LogP) is 2.67. The van der Waals surface area contributed by atoms with E-state index in [0.29, 0.717) is 0 Å². The molecule has 106 valence electrons. The lowest BCUT2D eigenvalue weighted by atomic mass is 10.2. The average molecular weight is 280 g/mol. The minimum absolute atomic E-state index is 0.0573. The molecule has 0 spiro atoms. The van der Waals surface area contributed by atoms with Crippen LogP contribution in [0.1, 0.15) is 37.5 Å². The topological polar surface area (TPSA) is 32.3 Å². The van der Waals surface area contributed by atoms with Crippen LogP contribution in [-0.4, -0.2) is 36.5 Å². The van der Waals surface area contributed by atoms with E-state index in [9.17, 15) is 4.79 Å². The lowest BCUT2D eigenvalue weighted by Crippen LogP contribution is -2.45.